The minimum Gasteiger partial charge on any atom is -0.462 e. The van der Waals surface area contributed by atoms with Gasteiger partial charge in [-0.15, -0.1) is 0 Å². The molecular formula is C54H52N2O10S. The molecule has 0 fully saturated rings. The standard InChI is InChI=1S/C54H52N2O10S/c1-33(2)53(59)63-27-25-39-29-37(7)45(31-35(39)5)51(57)55-47-13-9-11-15-49(47)65-41-17-21-43(22-18-41)67(61,62)44-23-19-42(20-24-44)66-50-16-12-10-14-48(50)56-52(58)46-32-36(6)40(30-38(46)8)26-28-64-54(60)34(3)4/h9-24,29-32H,1,3,25-28H2,2,4-8H3,(H,55,57)(H,56,58). The van der Waals surface area contributed by atoms with E-state index in [1.807, 2.05) is 39.8 Å². The van der Waals surface area contributed by atoms with Gasteiger partial charge in [0.15, 0.2) is 11.5 Å². The van der Waals surface area contributed by atoms with Crippen molar-refractivity contribution < 1.29 is 46.5 Å². The first kappa shape index (κ1) is 48.7. The first-order valence-corrected chi connectivity index (χ1v) is 22.9. The second-order valence-electron chi connectivity index (χ2n) is 16.1. The lowest BCUT2D eigenvalue weighted by atomic mass is 9.97. The van der Waals surface area contributed by atoms with Crippen LogP contribution in [0.4, 0.5) is 11.4 Å². The zero-order valence-corrected chi connectivity index (χ0v) is 39.1. The highest BCUT2D eigenvalue weighted by atomic mass is 32.2. The summed E-state index contributed by atoms with van der Waals surface area (Å²) in [5.41, 5.74) is 7.58. The van der Waals surface area contributed by atoms with Gasteiger partial charge in [-0.05, 0) is 160 Å². The monoisotopic (exact) mass is 920 g/mol. The summed E-state index contributed by atoms with van der Waals surface area (Å²) >= 11 is 0. The zero-order valence-electron chi connectivity index (χ0n) is 38.3. The Bertz CT molecular complexity index is 2800. The van der Waals surface area contributed by atoms with Crippen LogP contribution in [0.5, 0.6) is 23.0 Å². The summed E-state index contributed by atoms with van der Waals surface area (Å²) in [6, 6.07) is 33.2. The number of para-hydroxylation sites is 4. The molecule has 0 unspecified atom stereocenters. The lowest BCUT2D eigenvalue weighted by Crippen LogP contribution is -2.15. The Balaban J connectivity index is 1.07. The normalized spacial score (nSPS) is 11.0. The molecule has 13 heteroatoms. The third-order valence-corrected chi connectivity index (χ3v) is 12.5. The van der Waals surface area contributed by atoms with Gasteiger partial charge in [0.2, 0.25) is 9.84 Å². The molecule has 0 aliphatic carbocycles. The Kier molecular flexibility index (Phi) is 15.6. The number of benzene rings is 6. The summed E-state index contributed by atoms with van der Waals surface area (Å²) in [6.07, 6.45) is 0.982. The Hall–Kier alpha value is -7.77. The van der Waals surface area contributed by atoms with E-state index in [1.165, 1.54) is 48.5 Å². The average Bonchev–Trinajstić information content (AvgIpc) is 3.29. The molecule has 12 nitrogen and oxygen atoms in total. The maximum absolute atomic E-state index is 13.7. The van der Waals surface area contributed by atoms with Crippen LogP contribution < -0.4 is 20.1 Å². The number of hydrogen-bond acceptors (Lipinski definition) is 10. The largest absolute Gasteiger partial charge is 0.462 e. The molecule has 0 heterocycles. The molecule has 6 aromatic rings. The molecule has 344 valence electrons. The summed E-state index contributed by atoms with van der Waals surface area (Å²) in [4.78, 5) is 50.7. The molecule has 2 N–H and O–H groups in total. The maximum atomic E-state index is 13.7. The van der Waals surface area contributed by atoms with Crippen LogP contribution >= 0.6 is 0 Å². The van der Waals surface area contributed by atoms with Crippen molar-refractivity contribution in [2.24, 2.45) is 0 Å². The predicted octanol–water partition coefficient (Wildman–Crippen LogP) is 11.2. The van der Waals surface area contributed by atoms with Crippen molar-refractivity contribution in [1.82, 2.24) is 0 Å². The molecule has 0 radical (unpaired) electrons. The third kappa shape index (κ3) is 12.3. The van der Waals surface area contributed by atoms with E-state index in [0.717, 1.165) is 33.4 Å². The number of nitrogens with one attached hydrogen (secondary N) is 2. The van der Waals surface area contributed by atoms with Crippen molar-refractivity contribution in [3.63, 3.8) is 0 Å². The highest BCUT2D eigenvalue weighted by molar-refractivity contribution is 7.91. The van der Waals surface area contributed by atoms with Gasteiger partial charge in [-0.1, -0.05) is 49.6 Å². The minimum absolute atomic E-state index is 0.0382. The van der Waals surface area contributed by atoms with Crippen molar-refractivity contribution in [2.75, 3.05) is 23.8 Å². The fraction of sp³-hybridized carbons (Fsp3) is 0.185. The average molecular weight is 921 g/mol. The lowest BCUT2D eigenvalue weighted by Gasteiger charge is -2.15. The number of aryl methyl sites for hydroxylation is 4. The molecule has 0 saturated carbocycles. The summed E-state index contributed by atoms with van der Waals surface area (Å²) < 4.78 is 50.2. The number of ether oxygens (including phenoxy) is 4. The number of anilines is 2. The minimum atomic E-state index is -3.95. The zero-order chi connectivity index (χ0) is 48.4. The fourth-order valence-electron chi connectivity index (χ4n) is 6.99. The van der Waals surface area contributed by atoms with Crippen LogP contribution in [0, 0.1) is 27.7 Å². The van der Waals surface area contributed by atoms with Crippen molar-refractivity contribution in [3.05, 3.63) is 190 Å². The predicted molar refractivity (Wildman–Crippen MR) is 258 cm³/mol. The van der Waals surface area contributed by atoms with E-state index in [1.54, 1.807) is 74.5 Å². The van der Waals surface area contributed by atoms with Gasteiger partial charge in [-0.25, -0.2) is 18.0 Å². The van der Waals surface area contributed by atoms with Crippen molar-refractivity contribution >= 4 is 45.0 Å². The summed E-state index contributed by atoms with van der Waals surface area (Å²) in [7, 11) is -3.95. The van der Waals surface area contributed by atoms with Gasteiger partial charge in [-0.3, -0.25) is 9.59 Å². The van der Waals surface area contributed by atoms with Crippen molar-refractivity contribution in [3.8, 4) is 23.0 Å². The van der Waals surface area contributed by atoms with Crippen LogP contribution in [-0.2, 0) is 41.7 Å². The third-order valence-electron chi connectivity index (χ3n) is 10.8. The lowest BCUT2D eigenvalue weighted by molar-refractivity contribution is -0.139. The van der Waals surface area contributed by atoms with E-state index in [0.29, 0.717) is 69.5 Å². The topological polar surface area (TPSA) is 163 Å². The molecule has 2 amide bonds. The Morgan fingerprint density at radius 1 is 0.507 bits per heavy atom. The molecule has 0 saturated heterocycles. The van der Waals surface area contributed by atoms with Crippen molar-refractivity contribution in [1.29, 1.82) is 0 Å². The molecule has 0 aliphatic rings. The first-order valence-electron chi connectivity index (χ1n) is 21.4. The number of sulfone groups is 1. The molecule has 0 aromatic heterocycles. The first-order chi connectivity index (χ1) is 31.9. The summed E-state index contributed by atoms with van der Waals surface area (Å²) in [5.74, 6) is -0.177. The van der Waals surface area contributed by atoms with Gasteiger partial charge < -0.3 is 29.6 Å². The molecule has 0 aliphatic heterocycles. The van der Waals surface area contributed by atoms with E-state index in [2.05, 4.69) is 23.8 Å². The number of esters is 2. The van der Waals surface area contributed by atoms with Gasteiger partial charge >= 0.3 is 11.9 Å². The number of hydrogen-bond donors (Lipinski definition) is 2. The summed E-state index contributed by atoms with van der Waals surface area (Å²) in [5, 5.41) is 5.87. The van der Waals surface area contributed by atoms with Crippen LogP contribution in [0.3, 0.4) is 0 Å². The molecular weight excluding hydrogens is 869 g/mol. The maximum Gasteiger partial charge on any atom is 0.333 e. The quantitative estimate of drug-likeness (QED) is 0.0626. The Morgan fingerprint density at radius 3 is 1.22 bits per heavy atom. The fourth-order valence-corrected chi connectivity index (χ4v) is 8.26. The van der Waals surface area contributed by atoms with Crippen LogP contribution in [0.1, 0.15) is 67.9 Å². The SMILES string of the molecule is C=C(C)C(=O)OCCc1cc(C)c(C(=O)Nc2ccccc2Oc2ccc(S(=O)(=O)c3ccc(Oc4ccccc4NC(=O)c4cc(C)c(CCOC(=O)C(=C)C)cc4C)cc3)cc2)cc1C. The number of carbonyl (C=O) groups excluding carboxylic acids is 4. The van der Waals surface area contributed by atoms with Gasteiger partial charge in [-0.2, -0.15) is 0 Å². The van der Waals surface area contributed by atoms with E-state index < -0.39 is 21.8 Å². The van der Waals surface area contributed by atoms with Crippen LogP contribution in [-0.4, -0.2) is 45.4 Å². The molecule has 6 rings (SSSR count). The molecule has 0 atom stereocenters. The van der Waals surface area contributed by atoms with Gasteiger partial charge in [0.05, 0.1) is 34.4 Å². The number of carbonyl (C=O) groups is 4. The molecule has 67 heavy (non-hydrogen) atoms. The second kappa shape index (κ2) is 21.5. The van der Waals surface area contributed by atoms with E-state index >= 15 is 0 Å². The Morgan fingerprint density at radius 2 is 0.866 bits per heavy atom. The molecule has 0 spiro atoms. The molecule has 0 bridgehead atoms. The molecule has 6 aromatic carbocycles. The van der Waals surface area contributed by atoms with Gasteiger partial charge in [0.1, 0.15) is 11.5 Å². The van der Waals surface area contributed by atoms with Crippen LogP contribution in [0.25, 0.3) is 0 Å². The highest BCUT2D eigenvalue weighted by Gasteiger charge is 2.21. The highest BCUT2D eigenvalue weighted by Crippen LogP contribution is 2.34. The van der Waals surface area contributed by atoms with Gasteiger partial charge in [0.25, 0.3) is 11.8 Å². The van der Waals surface area contributed by atoms with Crippen molar-refractivity contribution in [2.45, 2.75) is 64.2 Å². The van der Waals surface area contributed by atoms with E-state index in [-0.39, 0.29) is 34.8 Å². The van der Waals surface area contributed by atoms with Crippen LogP contribution in [0.2, 0.25) is 0 Å². The second-order valence-corrected chi connectivity index (χ2v) is 18.0. The smallest absolute Gasteiger partial charge is 0.333 e. The number of amides is 2. The van der Waals surface area contributed by atoms with E-state index in [4.69, 9.17) is 18.9 Å². The number of rotatable bonds is 18. The van der Waals surface area contributed by atoms with E-state index in [9.17, 15) is 27.6 Å². The Labute approximate surface area is 391 Å². The van der Waals surface area contributed by atoms with Gasteiger partial charge in [0, 0.05) is 35.1 Å². The summed E-state index contributed by atoms with van der Waals surface area (Å²) in [6.45, 7) is 18.2. The van der Waals surface area contributed by atoms with Crippen LogP contribution in [0.15, 0.2) is 155 Å².